The number of aliphatic hydroxyl groups is 1. The molecule has 0 rings (SSSR count). The van der Waals surface area contributed by atoms with Crippen molar-refractivity contribution in [3.8, 4) is 0 Å². The average molecular weight is 156 g/mol. The Kier molecular flexibility index (Phi) is 4.43. The lowest BCUT2D eigenvalue weighted by atomic mass is 9.95. The fourth-order valence-corrected chi connectivity index (χ4v) is 0.858. The first kappa shape index (κ1) is 10.7. The van der Waals surface area contributed by atoms with Gasteiger partial charge in [0.25, 0.3) is 0 Å². The molecule has 0 aliphatic carbocycles. The van der Waals surface area contributed by atoms with Crippen LogP contribution in [0.2, 0.25) is 0 Å². The largest absolute Gasteiger partial charge is 0.393 e. The van der Waals surface area contributed by atoms with Crippen LogP contribution in [0.4, 0.5) is 0 Å². The van der Waals surface area contributed by atoms with E-state index in [0.29, 0.717) is 5.92 Å². The summed E-state index contributed by atoms with van der Waals surface area (Å²) < 4.78 is 0. The normalized spacial score (nSPS) is 15.8. The summed E-state index contributed by atoms with van der Waals surface area (Å²) in [7, 11) is 0. The van der Waals surface area contributed by atoms with Crippen molar-refractivity contribution in [2.45, 2.75) is 47.1 Å². The van der Waals surface area contributed by atoms with Crippen molar-refractivity contribution in [1.82, 2.24) is 0 Å². The van der Waals surface area contributed by atoms with Crippen molar-refractivity contribution in [3.63, 3.8) is 0 Å². The second-order valence-corrected chi connectivity index (χ2v) is 3.70. The maximum Gasteiger partial charge on any atom is 0.0540 e. The highest BCUT2D eigenvalue weighted by Crippen LogP contribution is 2.16. The van der Waals surface area contributed by atoms with Crippen molar-refractivity contribution < 1.29 is 5.11 Å². The van der Waals surface area contributed by atoms with Gasteiger partial charge in [-0.25, -0.2) is 0 Å². The zero-order valence-corrected chi connectivity index (χ0v) is 8.31. The Bertz CT molecular complexity index is 141. The summed E-state index contributed by atoms with van der Waals surface area (Å²) in [5, 5.41) is 9.23. The summed E-state index contributed by atoms with van der Waals surface area (Å²) in [5.74, 6) is 0.380. The molecule has 0 aromatic rings. The molecule has 0 aliphatic heterocycles. The summed E-state index contributed by atoms with van der Waals surface area (Å²) in [5.41, 5.74) is 2.77. The highest BCUT2D eigenvalue weighted by molar-refractivity contribution is 5.07. The molecule has 11 heavy (non-hydrogen) atoms. The summed E-state index contributed by atoms with van der Waals surface area (Å²) in [6.07, 6.45) is 0.823. The minimum atomic E-state index is -0.190. The van der Waals surface area contributed by atoms with Crippen LogP contribution in [0.5, 0.6) is 0 Å². The number of allylic oxidation sites excluding steroid dienone is 2. The van der Waals surface area contributed by atoms with Gasteiger partial charge in [0.2, 0.25) is 0 Å². The zero-order chi connectivity index (χ0) is 9.02. The first-order valence-electron chi connectivity index (χ1n) is 4.26. The monoisotopic (exact) mass is 156 g/mol. The Balaban J connectivity index is 3.96. The lowest BCUT2D eigenvalue weighted by Gasteiger charge is -2.15. The Hall–Kier alpha value is -0.300. The molecule has 0 bridgehead atoms. The molecule has 66 valence electrons. The molecular weight excluding hydrogens is 136 g/mol. The summed E-state index contributed by atoms with van der Waals surface area (Å²) in [6, 6.07) is 0. The second-order valence-electron chi connectivity index (χ2n) is 3.70. The smallest absolute Gasteiger partial charge is 0.0540 e. The molecule has 1 nitrogen and oxygen atoms in total. The molecule has 0 saturated carbocycles. The number of hydrogen-bond acceptors (Lipinski definition) is 1. The molecule has 2 atom stereocenters. The third-order valence-corrected chi connectivity index (χ3v) is 2.31. The zero-order valence-electron chi connectivity index (χ0n) is 8.31. The molecule has 1 N–H and O–H groups in total. The third-order valence-electron chi connectivity index (χ3n) is 2.31. The van der Waals surface area contributed by atoms with E-state index in [9.17, 15) is 5.11 Å². The van der Waals surface area contributed by atoms with Gasteiger partial charge in [-0.1, -0.05) is 18.1 Å². The van der Waals surface area contributed by atoms with Crippen molar-refractivity contribution >= 4 is 0 Å². The van der Waals surface area contributed by atoms with Crippen molar-refractivity contribution in [2.24, 2.45) is 5.92 Å². The number of rotatable bonds is 3. The van der Waals surface area contributed by atoms with Gasteiger partial charge in [0, 0.05) is 0 Å². The first-order chi connectivity index (χ1) is 4.95. The van der Waals surface area contributed by atoms with Gasteiger partial charge in [0.15, 0.2) is 0 Å². The molecular formula is C10H20O. The first-order valence-corrected chi connectivity index (χ1v) is 4.26. The minimum Gasteiger partial charge on any atom is -0.393 e. The Morgan fingerprint density at radius 2 is 1.64 bits per heavy atom. The quantitative estimate of drug-likeness (QED) is 0.623. The molecule has 0 spiro atoms. The molecule has 1 heteroatoms. The molecule has 0 saturated heterocycles. The van der Waals surface area contributed by atoms with Crippen LogP contribution in [0, 0.1) is 5.92 Å². The molecule has 0 heterocycles. The van der Waals surface area contributed by atoms with Crippen LogP contribution in [0.3, 0.4) is 0 Å². The molecule has 0 aliphatic rings. The summed E-state index contributed by atoms with van der Waals surface area (Å²) >= 11 is 0. The van der Waals surface area contributed by atoms with Crippen LogP contribution < -0.4 is 0 Å². The third kappa shape index (κ3) is 4.20. The van der Waals surface area contributed by atoms with Crippen LogP contribution in [0.25, 0.3) is 0 Å². The Morgan fingerprint density at radius 1 is 1.18 bits per heavy atom. The van der Waals surface area contributed by atoms with E-state index >= 15 is 0 Å². The van der Waals surface area contributed by atoms with E-state index in [0.717, 1.165) is 6.42 Å². The topological polar surface area (TPSA) is 20.2 Å². The lowest BCUT2D eigenvalue weighted by Crippen LogP contribution is -2.13. The van der Waals surface area contributed by atoms with Crippen LogP contribution >= 0.6 is 0 Å². The van der Waals surface area contributed by atoms with E-state index in [-0.39, 0.29) is 6.10 Å². The van der Waals surface area contributed by atoms with E-state index in [1.54, 1.807) is 0 Å². The van der Waals surface area contributed by atoms with Gasteiger partial charge in [-0.3, -0.25) is 0 Å². The second kappa shape index (κ2) is 4.55. The summed E-state index contributed by atoms with van der Waals surface area (Å²) in [4.78, 5) is 0. The standard InChI is InChI=1S/C10H20O/c1-7(2)8(3)6-9(4)10(5)11/h9-11H,6H2,1-5H3. The maximum atomic E-state index is 9.23. The van der Waals surface area contributed by atoms with Gasteiger partial charge in [-0.15, -0.1) is 0 Å². The van der Waals surface area contributed by atoms with E-state index in [1.165, 1.54) is 11.1 Å². The highest BCUT2D eigenvalue weighted by Gasteiger charge is 2.09. The maximum absolute atomic E-state index is 9.23. The molecule has 0 fully saturated rings. The lowest BCUT2D eigenvalue weighted by molar-refractivity contribution is 0.135. The van der Waals surface area contributed by atoms with Gasteiger partial charge in [0.1, 0.15) is 0 Å². The predicted molar refractivity (Wildman–Crippen MR) is 49.5 cm³/mol. The predicted octanol–water partition coefficient (Wildman–Crippen LogP) is 2.75. The van der Waals surface area contributed by atoms with Gasteiger partial charge < -0.3 is 5.11 Å². The van der Waals surface area contributed by atoms with Crippen LogP contribution in [-0.4, -0.2) is 11.2 Å². The Morgan fingerprint density at radius 3 is 1.91 bits per heavy atom. The molecule has 2 unspecified atom stereocenters. The summed E-state index contributed by atoms with van der Waals surface area (Å²) in [6.45, 7) is 10.3. The van der Waals surface area contributed by atoms with Gasteiger partial charge in [-0.05, 0) is 40.0 Å². The van der Waals surface area contributed by atoms with Gasteiger partial charge in [0.05, 0.1) is 6.10 Å². The van der Waals surface area contributed by atoms with Crippen LogP contribution in [0.1, 0.15) is 41.0 Å². The van der Waals surface area contributed by atoms with Crippen molar-refractivity contribution in [1.29, 1.82) is 0 Å². The number of aliphatic hydroxyl groups excluding tert-OH is 1. The molecule has 0 amide bonds. The molecule has 0 aromatic carbocycles. The van der Waals surface area contributed by atoms with Crippen molar-refractivity contribution in [3.05, 3.63) is 11.1 Å². The molecule has 0 radical (unpaired) electrons. The van der Waals surface area contributed by atoms with E-state index < -0.39 is 0 Å². The highest BCUT2D eigenvalue weighted by atomic mass is 16.3. The average Bonchev–Trinajstić information content (AvgIpc) is 1.87. The van der Waals surface area contributed by atoms with Crippen LogP contribution in [-0.2, 0) is 0 Å². The van der Waals surface area contributed by atoms with Gasteiger partial charge >= 0.3 is 0 Å². The van der Waals surface area contributed by atoms with E-state index in [4.69, 9.17) is 0 Å². The van der Waals surface area contributed by atoms with E-state index in [2.05, 4.69) is 27.7 Å². The van der Waals surface area contributed by atoms with Crippen LogP contribution in [0.15, 0.2) is 11.1 Å². The van der Waals surface area contributed by atoms with Crippen molar-refractivity contribution in [2.75, 3.05) is 0 Å². The minimum absolute atomic E-state index is 0.190. The SMILES string of the molecule is CC(C)=C(C)CC(C)C(C)O. The molecule has 0 aromatic heterocycles. The fourth-order valence-electron chi connectivity index (χ4n) is 0.858. The Labute approximate surface area is 70.1 Å². The number of hydrogen-bond donors (Lipinski definition) is 1. The van der Waals surface area contributed by atoms with E-state index in [1.807, 2.05) is 6.92 Å². The fraction of sp³-hybridized carbons (Fsp3) is 0.800. The van der Waals surface area contributed by atoms with Gasteiger partial charge in [-0.2, -0.15) is 0 Å².